The van der Waals surface area contributed by atoms with Crippen LogP contribution in [0.1, 0.15) is 19.8 Å². The Morgan fingerprint density at radius 1 is 1.45 bits per heavy atom. The number of hydrogen-bond acceptors (Lipinski definition) is 2. The molecule has 2 saturated heterocycles. The number of hydrogen-bond donors (Lipinski definition) is 0. The molecule has 3 unspecified atom stereocenters. The molecule has 0 aliphatic carbocycles. The van der Waals surface area contributed by atoms with Gasteiger partial charge in [0.1, 0.15) is 0 Å². The number of likely N-dealkylation sites (tertiary alicyclic amines) is 1. The molecule has 2 heteroatoms. The Labute approximate surface area is 68.5 Å². The zero-order chi connectivity index (χ0) is 7.84. The molecule has 0 saturated carbocycles. The van der Waals surface area contributed by atoms with E-state index in [1.807, 2.05) is 0 Å². The monoisotopic (exact) mass is 155 g/mol. The van der Waals surface area contributed by atoms with E-state index < -0.39 is 0 Å². The summed E-state index contributed by atoms with van der Waals surface area (Å²) in [5, 5.41) is 0. The predicted octanol–water partition coefficient (Wildman–Crippen LogP) is 1.12. The normalized spacial score (nSPS) is 45.8. The lowest BCUT2D eigenvalue weighted by Crippen LogP contribution is -2.34. The fourth-order valence-electron chi connectivity index (χ4n) is 2.17. The fourth-order valence-corrected chi connectivity index (χ4v) is 2.17. The smallest absolute Gasteiger partial charge is 0.0879 e. The predicted molar refractivity (Wildman–Crippen MR) is 44.6 cm³/mol. The largest absolute Gasteiger partial charge is 0.370 e. The Balaban J connectivity index is 1.84. The molecule has 0 bridgehead atoms. The van der Waals surface area contributed by atoms with Gasteiger partial charge in [0.05, 0.1) is 12.2 Å². The minimum Gasteiger partial charge on any atom is -0.370 e. The number of piperidine rings is 1. The Bertz CT molecular complexity index is 148. The molecule has 0 aromatic carbocycles. The van der Waals surface area contributed by atoms with Gasteiger partial charge in [-0.1, -0.05) is 0 Å². The van der Waals surface area contributed by atoms with Gasteiger partial charge in [-0.05, 0) is 33.4 Å². The summed E-state index contributed by atoms with van der Waals surface area (Å²) in [7, 11) is 2.21. The molecular formula is C9H17NO. The molecule has 2 fully saturated rings. The Kier molecular flexibility index (Phi) is 1.90. The van der Waals surface area contributed by atoms with Gasteiger partial charge in [0.15, 0.2) is 0 Å². The van der Waals surface area contributed by atoms with Crippen LogP contribution >= 0.6 is 0 Å². The maximum absolute atomic E-state index is 5.48. The Hall–Kier alpha value is -0.0800. The minimum atomic E-state index is 0.548. The highest BCUT2D eigenvalue weighted by molar-refractivity contribution is 4.90. The number of ether oxygens (including phenoxy) is 1. The van der Waals surface area contributed by atoms with E-state index in [1.165, 1.54) is 25.9 Å². The second-order valence-corrected chi connectivity index (χ2v) is 3.97. The maximum Gasteiger partial charge on any atom is 0.0879 e. The molecule has 11 heavy (non-hydrogen) atoms. The lowest BCUT2D eigenvalue weighted by molar-refractivity contribution is 0.177. The van der Waals surface area contributed by atoms with E-state index in [-0.39, 0.29) is 0 Å². The van der Waals surface area contributed by atoms with Gasteiger partial charge in [-0.3, -0.25) is 0 Å². The molecule has 0 N–H and O–H groups in total. The number of nitrogens with zero attached hydrogens (tertiary/aromatic N) is 1. The summed E-state index contributed by atoms with van der Waals surface area (Å²) in [6.45, 7) is 4.70. The van der Waals surface area contributed by atoms with Gasteiger partial charge in [-0.2, -0.15) is 0 Å². The van der Waals surface area contributed by atoms with E-state index in [0.29, 0.717) is 12.2 Å². The van der Waals surface area contributed by atoms with Crippen LogP contribution in [0.4, 0.5) is 0 Å². The molecular weight excluding hydrogens is 138 g/mol. The summed E-state index contributed by atoms with van der Waals surface area (Å²) in [6.07, 6.45) is 3.87. The molecule has 0 spiro atoms. The van der Waals surface area contributed by atoms with Crippen LogP contribution in [0.25, 0.3) is 0 Å². The zero-order valence-corrected chi connectivity index (χ0v) is 7.42. The van der Waals surface area contributed by atoms with Gasteiger partial charge in [-0.25, -0.2) is 0 Å². The average molecular weight is 155 g/mol. The van der Waals surface area contributed by atoms with Gasteiger partial charge < -0.3 is 9.64 Å². The number of rotatable bonds is 1. The highest BCUT2D eigenvalue weighted by Gasteiger charge is 2.41. The first kappa shape index (κ1) is 7.56. The van der Waals surface area contributed by atoms with Gasteiger partial charge in [-0.15, -0.1) is 0 Å². The molecule has 0 amide bonds. The zero-order valence-electron chi connectivity index (χ0n) is 7.42. The van der Waals surface area contributed by atoms with E-state index in [0.717, 1.165) is 5.92 Å². The summed E-state index contributed by atoms with van der Waals surface area (Å²) in [4.78, 5) is 2.42. The average Bonchev–Trinajstić information content (AvgIpc) is 2.67. The first-order chi connectivity index (χ1) is 5.27. The highest BCUT2D eigenvalue weighted by Crippen LogP contribution is 2.33. The number of epoxide rings is 1. The van der Waals surface area contributed by atoms with Crippen LogP contribution in [0, 0.1) is 5.92 Å². The fraction of sp³-hybridized carbons (Fsp3) is 1.00. The lowest BCUT2D eigenvalue weighted by atomic mass is 9.94. The Morgan fingerprint density at radius 3 is 2.73 bits per heavy atom. The molecule has 2 heterocycles. The third-order valence-electron chi connectivity index (χ3n) is 2.88. The maximum atomic E-state index is 5.48. The van der Waals surface area contributed by atoms with Crippen molar-refractivity contribution in [2.24, 2.45) is 5.92 Å². The van der Waals surface area contributed by atoms with E-state index in [4.69, 9.17) is 4.74 Å². The van der Waals surface area contributed by atoms with Crippen molar-refractivity contribution < 1.29 is 4.74 Å². The molecule has 64 valence electrons. The van der Waals surface area contributed by atoms with Crippen LogP contribution in [0.5, 0.6) is 0 Å². The van der Waals surface area contributed by atoms with Gasteiger partial charge in [0.2, 0.25) is 0 Å². The topological polar surface area (TPSA) is 15.8 Å². The van der Waals surface area contributed by atoms with Crippen LogP contribution in [-0.4, -0.2) is 37.2 Å². The third-order valence-corrected chi connectivity index (χ3v) is 2.88. The van der Waals surface area contributed by atoms with Gasteiger partial charge >= 0.3 is 0 Å². The molecule has 3 atom stereocenters. The van der Waals surface area contributed by atoms with Crippen LogP contribution < -0.4 is 0 Å². The van der Waals surface area contributed by atoms with Crippen molar-refractivity contribution in [1.29, 1.82) is 0 Å². The van der Waals surface area contributed by atoms with Gasteiger partial charge in [0, 0.05) is 12.5 Å². The van der Waals surface area contributed by atoms with Crippen molar-refractivity contribution >= 4 is 0 Å². The lowest BCUT2D eigenvalue weighted by Gasteiger charge is -2.28. The summed E-state index contributed by atoms with van der Waals surface area (Å²) < 4.78 is 5.48. The molecule has 0 radical (unpaired) electrons. The summed E-state index contributed by atoms with van der Waals surface area (Å²) in [5.41, 5.74) is 0. The van der Waals surface area contributed by atoms with E-state index >= 15 is 0 Å². The van der Waals surface area contributed by atoms with Crippen molar-refractivity contribution in [2.75, 3.05) is 20.1 Å². The second kappa shape index (κ2) is 2.76. The summed E-state index contributed by atoms with van der Waals surface area (Å²) >= 11 is 0. The molecule has 2 rings (SSSR count). The van der Waals surface area contributed by atoms with E-state index in [9.17, 15) is 0 Å². The standard InChI is InChI=1S/C9H17NO/c1-7-9(11-7)8-4-3-5-10(2)6-8/h7-9H,3-6H2,1-2H3. The van der Waals surface area contributed by atoms with E-state index in [1.54, 1.807) is 0 Å². The SMILES string of the molecule is CC1OC1C1CCCN(C)C1. The first-order valence-corrected chi connectivity index (χ1v) is 4.61. The highest BCUT2D eigenvalue weighted by atomic mass is 16.6. The molecule has 2 aliphatic rings. The second-order valence-electron chi connectivity index (χ2n) is 3.97. The van der Waals surface area contributed by atoms with Crippen LogP contribution in [-0.2, 0) is 4.74 Å². The molecule has 2 nitrogen and oxygen atoms in total. The van der Waals surface area contributed by atoms with Gasteiger partial charge in [0.25, 0.3) is 0 Å². The summed E-state index contributed by atoms with van der Waals surface area (Å²) in [5.74, 6) is 0.823. The minimum absolute atomic E-state index is 0.548. The van der Waals surface area contributed by atoms with Crippen LogP contribution in [0.15, 0.2) is 0 Å². The van der Waals surface area contributed by atoms with Crippen molar-refractivity contribution in [2.45, 2.75) is 32.0 Å². The molecule has 2 aliphatic heterocycles. The van der Waals surface area contributed by atoms with Crippen molar-refractivity contribution in [3.63, 3.8) is 0 Å². The van der Waals surface area contributed by atoms with Crippen molar-refractivity contribution in [1.82, 2.24) is 4.90 Å². The Morgan fingerprint density at radius 2 is 2.18 bits per heavy atom. The van der Waals surface area contributed by atoms with Crippen molar-refractivity contribution in [3.8, 4) is 0 Å². The quantitative estimate of drug-likeness (QED) is 0.527. The van der Waals surface area contributed by atoms with E-state index in [2.05, 4.69) is 18.9 Å². The summed E-state index contributed by atoms with van der Waals surface area (Å²) in [6, 6.07) is 0. The third kappa shape index (κ3) is 1.57. The van der Waals surface area contributed by atoms with Crippen LogP contribution in [0.3, 0.4) is 0 Å². The molecule has 0 aromatic heterocycles. The van der Waals surface area contributed by atoms with Crippen molar-refractivity contribution in [3.05, 3.63) is 0 Å². The van der Waals surface area contributed by atoms with Crippen LogP contribution in [0.2, 0.25) is 0 Å². The molecule has 0 aromatic rings. The first-order valence-electron chi connectivity index (χ1n) is 4.61.